The van der Waals surface area contributed by atoms with Gasteiger partial charge in [-0.15, -0.1) is 36.3 Å². The lowest BCUT2D eigenvalue weighted by molar-refractivity contribution is -0.274. The van der Waals surface area contributed by atoms with E-state index in [2.05, 4.69) is 14.8 Å². The van der Waals surface area contributed by atoms with Crippen LogP contribution in [0, 0.1) is 0 Å². The predicted molar refractivity (Wildman–Crippen MR) is 149 cm³/mol. The summed E-state index contributed by atoms with van der Waals surface area (Å²) in [5.41, 5.74) is 1.83. The molecule has 3 aromatic carbocycles. The fourth-order valence-corrected chi connectivity index (χ4v) is 6.66. The zero-order chi connectivity index (χ0) is 28.9. The Hall–Kier alpha value is -3.68. The van der Waals surface area contributed by atoms with E-state index in [1.165, 1.54) is 48.2 Å². The highest BCUT2D eigenvalue weighted by Gasteiger charge is 2.31. The van der Waals surface area contributed by atoms with Gasteiger partial charge in [0.15, 0.2) is 0 Å². The molecule has 13 heteroatoms. The number of ether oxygens (including phenoxy) is 1. The van der Waals surface area contributed by atoms with Crippen LogP contribution in [0.1, 0.15) is 23.3 Å². The van der Waals surface area contributed by atoms with Gasteiger partial charge < -0.3 is 15.2 Å². The number of alkyl halides is 3. The molecule has 1 amide bonds. The van der Waals surface area contributed by atoms with Gasteiger partial charge in [0.2, 0.25) is 5.91 Å². The fourth-order valence-electron chi connectivity index (χ4n) is 3.61. The van der Waals surface area contributed by atoms with Gasteiger partial charge in [-0.2, -0.15) is 0 Å². The van der Waals surface area contributed by atoms with Crippen molar-refractivity contribution in [3.05, 3.63) is 95.4 Å². The van der Waals surface area contributed by atoms with Crippen molar-refractivity contribution in [1.82, 2.24) is 0 Å². The monoisotopic (exact) mass is 608 g/mol. The Bertz CT molecular complexity index is 1560. The van der Waals surface area contributed by atoms with Crippen LogP contribution in [0.5, 0.6) is 11.5 Å². The minimum absolute atomic E-state index is 0.0308. The van der Waals surface area contributed by atoms with Gasteiger partial charge in [-0.25, -0.2) is 8.42 Å². The number of aromatic hydroxyl groups is 1. The first kappa shape index (κ1) is 29.3. The molecule has 3 N–H and O–H groups in total. The largest absolute Gasteiger partial charge is 0.573 e. The molecule has 0 aliphatic rings. The average molecular weight is 609 g/mol. The zero-order valence-corrected chi connectivity index (χ0v) is 23.3. The van der Waals surface area contributed by atoms with Crippen LogP contribution in [-0.2, 0) is 21.2 Å². The minimum atomic E-state index is -4.74. The molecule has 0 spiro atoms. The quantitative estimate of drug-likeness (QED) is 0.130. The summed E-state index contributed by atoms with van der Waals surface area (Å²) in [7, 11) is -3.87. The number of phenolic OH excluding ortho intramolecular Hbond substituents is 1. The van der Waals surface area contributed by atoms with Gasteiger partial charge in [0.1, 0.15) is 15.7 Å². The van der Waals surface area contributed by atoms with Gasteiger partial charge in [-0.3, -0.25) is 9.52 Å². The number of anilines is 2. The molecule has 210 valence electrons. The summed E-state index contributed by atoms with van der Waals surface area (Å²) < 4.78 is 68.4. The zero-order valence-electron chi connectivity index (χ0n) is 20.8. The molecule has 0 aliphatic heterocycles. The molecule has 4 aromatic rings. The number of halogens is 3. The molecule has 0 bridgehead atoms. The number of carbonyl (C=O) groups is 1. The van der Waals surface area contributed by atoms with Gasteiger partial charge in [0.25, 0.3) is 10.0 Å². The highest BCUT2D eigenvalue weighted by atomic mass is 32.2. The summed E-state index contributed by atoms with van der Waals surface area (Å²) >= 11 is 2.54. The minimum Gasteiger partial charge on any atom is -0.506 e. The Morgan fingerprint density at radius 1 is 1.05 bits per heavy atom. The topological polar surface area (TPSA) is 105 Å². The van der Waals surface area contributed by atoms with Crippen LogP contribution < -0.4 is 14.8 Å². The van der Waals surface area contributed by atoms with Crippen LogP contribution in [0.3, 0.4) is 0 Å². The van der Waals surface area contributed by atoms with Crippen molar-refractivity contribution in [2.75, 3.05) is 10.0 Å². The molecule has 1 heterocycles. The number of amides is 1. The number of hydrogen-bond acceptors (Lipinski definition) is 7. The van der Waals surface area contributed by atoms with Crippen molar-refractivity contribution in [2.24, 2.45) is 0 Å². The van der Waals surface area contributed by atoms with E-state index in [0.717, 1.165) is 21.8 Å². The first-order chi connectivity index (χ1) is 18.9. The second-order valence-electron chi connectivity index (χ2n) is 8.52. The maximum atomic E-state index is 12.6. The second-order valence-corrected chi connectivity index (χ2v) is 12.8. The Kier molecular flexibility index (Phi) is 8.96. The van der Waals surface area contributed by atoms with Crippen LogP contribution in [0.25, 0.3) is 0 Å². The summed E-state index contributed by atoms with van der Waals surface area (Å²) in [5.74, 6) is -0.887. The molecular weight excluding hydrogens is 586 g/mol. The molecule has 0 fully saturated rings. The van der Waals surface area contributed by atoms with Crippen molar-refractivity contribution < 1.29 is 36.2 Å². The number of thiophene rings is 1. The Morgan fingerprint density at radius 2 is 1.75 bits per heavy atom. The number of phenols is 1. The molecule has 1 unspecified atom stereocenters. The molecule has 4 rings (SSSR count). The molecule has 1 aromatic heterocycles. The normalized spacial score (nSPS) is 12.5. The average Bonchev–Trinajstić information content (AvgIpc) is 3.43. The van der Waals surface area contributed by atoms with Crippen molar-refractivity contribution in [1.29, 1.82) is 0 Å². The Balaban J connectivity index is 1.33. The van der Waals surface area contributed by atoms with E-state index in [-0.39, 0.29) is 39.0 Å². The van der Waals surface area contributed by atoms with Gasteiger partial charge in [0.05, 0.1) is 12.1 Å². The van der Waals surface area contributed by atoms with Crippen LogP contribution in [0.15, 0.2) is 93.3 Å². The van der Waals surface area contributed by atoms with Crippen LogP contribution in [0.4, 0.5) is 24.5 Å². The van der Waals surface area contributed by atoms with Gasteiger partial charge in [0, 0.05) is 15.8 Å². The summed E-state index contributed by atoms with van der Waals surface area (Å²) in [6.45, 7) is 1.92. The first-order valence-electron chi connectivity index (χ1n) is 11.7. The molecular formula is C27H23F3N2O5S3. The third kappa shape index (κ3) is 8.16. The van der Waals surface area contributed by atoms with Crippen molar-refractivity contribution in [3.8, 4) is 11.5 Å². The maximum absolute atomic E-state index is 12.6. The Morgan fingerprint density at radius 3 is 2.38 bits per heavy atom. The number of carbonyl (C=O) groups excluding carboxylic acids is 1. The maximum Gasteiger partial charge on any atom is 0.573 e. The highest BCUT2D eigenvalue weighted by Crippen LogP contribution is 2.36. The number of thioether (sulfide) groups is 1. The standard InChI is InChI=1S/C27H23F3N2O5S3/c1-17(19-5-9-21(10-6-19)37-27(28,29)30)39-22-11-7-20(8-12-22)31-25(34)16-18-4-13-24(33)23(15-18)32-40(35,36)26-3-2-14-38-26/h2-15,17,32-33H,16H2,1H3,(H,31,34). The summed E-state index contributed by atoms with van der Waals surface area (Å²) in [5, 5.41) is 14.5. The third-order valence-corrected chi connectivity index (χ3v) is 9.40. The van der Waals surface area contributed by atoms with Crippen LogP contribution >= 0.6 is 23.1 Å². The molecule has 0 saturated heterocycles. The lowest BCUT2D eigenvalue weighted by Crippen LogP contribution is -2.17. The summed E-state index contributed by atoms with van der Waals surface area (Å²) in [6, 6.07) is 20.1. The predicted octanol–water partition coefficient (Wildman–Crippen LogP) is 7.19. The SMILES string of the molecule is CC(Sc1ccc(NC(=O)Cc2ccc(O)c(NS(=O)(=O)c3cccs3)c2)cc1)c1ccc(OC(F)(F)F)cc1. The molecule has 0 radical (unpaired) electrons. The number of benzene rings is 3. The Labute approximate surface area is 237 Å². The number of hydrogen-bond donors (Lipinski definition) is 3. The molecule has 1 atom stereocenters. The summed E-state index contributed by atoms with van der Waals surface area (Å²) in [4.78, 5) is 13.5. The van der Waals surface area contributed by atoms with Crippen molar-refractivity contribution in [3.63, 3.8) is 0 Å². The third-order valence-electron chi connectivity index (χ3n) is 5.46. The first-order valence-corrected chi connectivity index (χ1v) is 14.9. The summed E-state index contributed by atoms with van der Waals surface area (Å²) in [6.07, 6.45) is -4.80. The van der Waals surface area contributed by atoms with Gasteiger partial charge >= 0.3 is 6.36 Å². The van der Waals surface area contributed by atoms with Gasteiger partial charge in [-0.05, 0) is 78.0 Å². The van der Waals surface area contributed by atoms with E-state index >= 15 is 0 Å². The van der Waals surface area contributed by atoms with E-state index < -0.39 is 16.4 Å². The number of nitrogens with one attached hydrogen (secondary N) is 2. The number of sulfonamides is 1. The smallest absolute Gasteiger partial charge is 0.506 e. The molecule has 0 saturated carbocycles. The van der Waals surface area contributed by atoms with E-state index in [4.69, 9.17) is 0 Å². The molecule has 40 heavy (non-hydrogen) atoms. The second kappa shape index (κ2) is 12.2. The van der Waals surface area contributed by atoms with E-state index in [1.54, 1.807) is 35.7 Å². The lowest BCUT2D eigenvalue weighted by atomic mass is 10.1. The fraction of sp³-hybridized carbons (Fsp3) is 0.148. The van der Waals surface area contributed by atoms with E-state index in [9.17, 15) is 31.5 Å². The van der Waals surface area contributed by atoms with Crippen molar-refractivity contribution in [2.45, 2.75) is 34.1 Å². The van der Waals surface area contributed by atoms with E-state index in [0.29, 0.717) is 11.3 Å². The van der Waals surface area contributed by atoms with Crippen LogP contribution in [-0.4, -0.2) is 25.8 Å². The van der Waals surface area contributed by atoms with E-state index in [1.807, 2.05) is 19.1 Å². The highest BCUT2D eigenvalue weighted by molar-refractivity contribution is 7.99. The molecule has 0 aliphatic carbocycles. The van der Waals surface area contributed by atoms with Crippen molar-refractivity contribution >= 4 is 50.4 Å². The number of rotatable bonds is 10. The van der Waals surface area contributed by atoms with Crippen LogP contribution in [0.2, 0.25) is 0 Å². The van der Waals surface area contributed by atoms with Gasteiger partial charge in [-0.1, -0.05) is 24.3 Å². The lowest BCUT2D eigenvalue weighted by Gasteiger charge is -2.14. The molecule has 7 nitrogen and oxygen atoms in total.